The molecule has 1 aromatic carbocycles. The van der Waals surface area contributed by atoms with E-state index in [9.17, 15) is 14.4 Å². The van der Waals surface area contributed by atoms with Crippen molar-refractivity contribution in [2.75, 3.05) is 30.9 Å². The first kappa shape index (κ1) is 32.9. The van der Waals surface area contributed by atoms with Crippen LogP contribution in [0.2, 0.25) is 0 Å². The molecule has 0 radical (unpaired) electrons. The Balaban J connectivity index is 1.27. The summed E-state index contributed by atoms with van der Waals surface area (Å²) in [6.07, 6.45) is 16.0. The van der Waals surface area contributed by atoms with Gasteiger partial charge in [0.15, 0.2) is 0 Å². The molecule has 2 aromatic heterocycles. The van der Waals surface area contributed by atoms with Crippen LogP contribution in [-0.4, -0.2) is 52.9 Å². The number of allylic oxidation sites excluding steroid dienone is 6. The fourth-order valence-corrected chi connectivity index (χ4v) is 5.19. The van der Waals surface area contributed by atoms with E-state index in [0.717, 1.165) is 36.2 Å². The number of nitrogens with zero attached hydrogens (tertiary/aromatic N) is 3. The summed E-state index contributed by atoms with van der Waals surface area (Å²) in [6, 6.07) is 12.8. The Bertz CT molecular complexity index is 1720. The van der Waals surface area contributed by atoms with E-state index >= 15 is 0 Å². The van der Waals surface area contributed by atoms with Gasteiger partial charge in [0.1, 0.15) is 29.8 Å². The third kappa shape index (κ3) is 8.82. The van der Waals surface area contributed by atoms with Crippen molar-refractivity contribution in [2.45, 2.75) is 33.1 Å². The molecule has 47 heavy (non-hydrogen) atoms. The van der Waals surface area contributed by atoms with Gasteiger partial charge in [-0.1, -0.05) is 55.3 Å². The van der Waals surface area contributed by atoms with Crippen molar-refractivity contribution in [1.29, 1.82) is 0 Å². The average molecular weight is 638 g/mol. The summed E-state index contributed by atoms with van der Waals surface area (Å²) < 4.78 is 12.8. The maximum absolute atomic E-state index is 13.4. The number of methoxy groups -OCH3 is 1. The zero-order valence-corrected chi connectivity index (χ0v) is 26.7. The molecule has 244 valence electrons. The maximum atomic E-state index is 13.4. The van der Waals surface area contributed by atoms with E-state index in [-0.39, 0.29) is 36.8 Å². The molecule has 2 aliphatic rings. The van der Waals surface area contributed by atoms with Crippen molar-refractivity contribution in [3.05, 3.63) is 108 Å². The van der Waals surface area contributed by atoms with E-state index in [0.29, 0.717) is 23.0 Å². The fraction of sp³-hybridized carbons (Fsp3) is 0.286. The number of fused-ring (bicyclic) bond motifs is 1. The summed E-state index contributed by atoms with van der Waals surface area (Å²) in [5, 5.41) is 15.9. The van der Waals surface area contributed by atoms with Gasteiger partial charge in [-0.25, -0.2) is 14.5 Å². The molecule has 12 heteroatoms. The molecule has 2 aliphatic carbocycles. The minimum Gasteiger partial charge on any atom is -0.461 e. The summed E-state index contributed by atoms with van der Waals surface area (Å²) in [4.78, 5) is 41.4. The Labute approximate surface area is 273 Å². The number of aryl methyl sites for hydroxylation is 2. The summed E-state index contributed by atoms with van der Waals surface area (Å²) in [6.45, 7) is 3.82. The number of amides is 4. The van der Waals surface area contributed by atoms with Gasteiger partial charge in [-0.05, 0) is 50.1 Å². The normalized spacial score (nSPS) is 16.4. The Kier molecular flexibility index (Phi) is 11.0. The highest BCUT2D eigenvalue weighted by atomic mass is 16.5. The van der Waals surface area contributed by atoms with Gasteiger partial charge in [0.2, 0.25) is 11.8 Å². The van der Waals surface area contributed by atoms with Crippen molar-refractivity contribution < 1.29 is 23.9 Å². The lowest BCUT2D eigenvalue weighted by atomic mass is 9.81. The molecule has 4 amide bonds. The van der Waals surface area contributed by atoms with E-state index in [2.05, 4.69) is 33.2 Å². The number of ether oxygens (including phenoxy) is 2. The predicted molar refractivity (Wildman–Crippen MR) is 179 cm³/mol. The zero-order chi connectivity index (χ0) is 33.2. The van der Waals surface area contributed by atoms with E-state index < -0.39 is 11.8 Å². The molecule has 0 saturated heterocycles. The second-order valence-electron chi connectivity index (χ2n) is 11.2. The molecule has 2 unspecified atom stereocenters. The zero-order valence-electron chi connectivity index (χ0n) is 26.7. The van der Waals surface area contributed by atoms with Crippen molar-refractivity contribution in [3.63, 3.8) is 0 Å². The highest BCUT2D eigenvalue weighted by molar-refractivity contribution is 5.94. The van der Waals surface area contributed by atoms with Gasteiger partial charge in [0.05, 0.1) is 17.9 Å². The Morgan fingerprint density at radius 1 is 0.936 bits per heavy atom. The Hall–Kier alpha value is -5.49. The lowest BCUT2D eigenvalue weighted by Crippen LogP contribution is -2.36. The van der Waals surface area contributed by atoms with Crippen LogP contribution in [0.5, 0.6) is 5.75 Å². The number of unbranched alkanes of at least 4 members (excludes halogenated alkanes) is 1. The minimum absolute atomic E-state index is 0.133. The van der Waals surface area contributed by atoms with Gasteiger partial charge in [0, 0.05) is 43.0 Å². The summed E-state index contributed by atoms with van der Waals surface area (Å²) >= 11 is 0. The van der Waals surface area contributed by atoms with E-state index in [1.54, 1.807) is 16.8 Å². The number of aromatic nitrogens is 3. The van der Waals surface area contributed by atoms with E-state index in [4.69, 9.17) is 14.6 Å². The molecule has 4 N–H and O–H groups in total. The van der Waals surface area contributed by atoms with E-state index in [1.807, 2.05) is 73.7 Å². The van der Waals surface area contributed by atoms with Gasteiger partial charge in [-0.3, -0.25) is 14.9 Å². The topological polar surface area (TPSA) is 148 Å². The number of carbonyl (C=O) groups is 3. The molecular weight excluding hydrogens is 598 g/mol. The molecular formula is C35H39N7O5. The van der Waals surface area contributed by atoms with Gasteiger partial charge >= 0.3 is 6.03 Å². The van der Waals surface area contributed by atoms with Gasteiger partial charge in [-0.15, -0.1) is 0 Å². The molecule has 0 saturated carbocycles. The van der Waals surface area contributed by atoms with Gasteiger partial charge in [-0.2, -0.15) is 5.10 Å². The summed E-state index contributed by atoms with van der Waals surface area (Å²) in [5.74, 6) is 0.802. The minimum atomic E-state index is -0.438. The van der Waals surface area contributed by atoms with Crippen molar-refractivity contribution >= 4 is 29.5 Å². The molecule has 3 aromatic rings. The van der Waals surface area contributed by atoms with Crippen LogP contribution in [-0.2, 0) is 20.7 Å². The average Bonchev–Trinajstić information content (AvgIpc) is 3.46. The quantitative estimate of drug-likeness (QED) is 0.207. The molecule has 0 spiro atoms. The van der Waals surface area contributed by atoms with Crippen molar-refractivity contribution in [3.8, 4) is 11.4 Å². The molecule has 2 heterocycles. The number of hydrogen-bond donors (Lipinski definition) is 4. The number of anilines is 2. The van der Waals surface area contributed by atoms with Crippen LogP contribution in [0.25, 0.3) is 5.69 Å². The number of benzene rings is 1. The van der Waals surface area contributed by atoms with E-state index in [1.165, 1.54) is 13.3 Å². The monoisotopic (exact) mass is 637 g/mol. The van der Waals surface area contributed by atoms with Crippen molar-refractivity contribution in [1.82, 2.24) is 25.4 Å². The number of nitrogens with one attached hydrogen (secondary N) is 4. The first-order valence-corrected chi connectivity index (χ1v) is 15.5. The number of pyridine rings is 1. The maximum Gasteiger partial charge on any atom is 0.324 e. The number of urea groups is 1. The second kappa shape index (κ2) is 15.7. The fourth-order valence-electron chi connectivity index (χ4n) is 5.19. The third-order valence-electron chi connectivity index (χ3n) is 7.53. The largest absolute Gasteiger partial charge is 0.461 e. The first-order chi connectivity index (χ1) is 22.8. The van der Waals surface area contributed by atoms with Crippen LogP contribution in [0, 0.1) is 18.8 Å². The number of rotatable bonds is 13. The molecule has 2 atom stereocenters. The standard InChI is InChI=1S/C35H39N7O5/c1-4-5-8-24-19-32(42(41-24)25-13-11-23(2)12-14-25)40-35(45)38-29-15-16-30(28-10-7-6-9-27(28)29)47-26-17-18-36-31(20-26)39-33(43)21-37-34(44)22-46-3/h6-7,9-20,27-28H,4-5,8,21-22H2,1-3H3,(H,37,44)(H,36,39,43)(H2,38,40,45). The van der Waals surface area contributed by atoms with Gasteiger partial charge < -0.3 is 25.4 Å². The van der Waals surface area contributed by atoms with Crippen LogP contribution in [0.15, 0.2) is 96.6 Å². The van der Waals surface area contributed by atoms with Crippen LogP contribution >= 0.6 is 0 Å². The smallest absolute Gasteiger partial charge is 0.324 e. The number of hydrogen-bond acceptors (Lipinski definition) is 7. The van der Waals surface area contributed by atoms with Crippen LogP contribution in [0.4, 0.5) is 16.4 Å². The molecule has 5 rings (SSSR count). The predicted octanol–water partition coefficient (Wildman–Crippen LogP) is 4.96. The SMILES string of the molecule is CCCCc1cc(NC(=O)NC2=CC=C(Oc3ccnc(NC(=O)CNC(=O)COC)c3)C3C=CC=CC23)n(-c2ccc(C)cc2)n1. The number of carbonyl (C=O) groups excluding carboxylic acids is 3. The molecule has 0 bridgehead atoms. The highest BCUT2D eigenvalue weighted by Gasteiger charge is 2.31. The Morgan fingerprint density at radius 3 is 2.49 bits per heavy atom. The van der Waals surface area contributed by atoms with Crippen LogP contribution in [0.1, 0.15) is 31.0 Å². The first-order valence-electron chi connectivity index (χ1n) is 15.5. The third-order valence-corrected chi connectivity index (χ3v) is 7.53. The van der Waals surface area contributed by atoms with Crippen LogP contribution in [0.3, 0.4) is 0 Å². The Morgan fingerprint density at radius 2 is 1.72 bits per heavy atom. The summed E-state index contributed by atoms with van der Waals surface area (Å²) in [7, 11) is 1.40. The molecule has 0 aliphatic heterocycles. The lowest BCUT2D eigenvalue weighted by molar-refractivity contribution is -0.127. The highest BCUT2D eigenvalue weighted by Crippen LogP contribution is 2.36. The summed E-state index contributed by atoms with van der Waals surface area (Å²) in [5.41, 5.74) is 3.63. The second-order valence-corrected chi connectivity index (χ2v) is 11.2. The van der Waals surface area contributed by atoms with Crippen molar-refractivity contribution in [2.24, 2.45) is 11.8 Å². The molecule has 0 fully saturated rings. The lowest BCUT2D eigenvalue weighted by Gasteiger charge is -2.31. The van der Waals surface area contributed by atoms with Crippen LogP contribution < -0.4 is 26.0 Å². The van der Waals surface area contributed by atoms with Gasteiger partial charge in [0.25, 0.3) is 0 Å². The molecule has 12 nitrogen and oxygen atoms in total.